The third-order valence-electron chi connectivity index (χ3n) is 4.83. The summed E-state index contributed by atoms with van der Waals surface area (Å²) in [5, 5.41) is 12.2. The Balaban J connectivity index is 1.59. The summed E-state index contributed by atoms with van der Waals surface area (Å²) in [5.41, 5.74) is 4.15. The first-order valence-electron chi connectivity index (χ1n) is 9.76. The molecular weight excluding hydrogens is 382 g/mol. The van der Waals surface area contributed by atoms with Crippen LogP contribution in [0.15, 0.2) is 53.7 Å². The molecule has 29 heavy (non-hydrogen) atoms. The van der Waals surface area contributed by atoms with Gasteiger partial charge in [0.15, 0.2) is 11.0 Å². The summed E-state index contributed by atoms with van der Waals surface area (Å²) >= 11 is 1.38. The van der Waals surface area contributed by atoms with E-state index in [0.717, 1.165) is 46.6 Å². The Morgan fingerprint density at radius 2 is 1.76 bits per heavy atom. The molecule has 0 bridgehead atoms. The lowest BCUT2D eigenvalue weighted by Crippen LogP contribution is -2.21. The van der Waals surface area contributed by atoms with Crippen molar-refractivity contribution in [1.29, 1.82) is 0 Å². The van der Waals surface area contributed by atoms with E-state index >= 15 is 0 Å². The molecule has 3 rings (SSSR count). The van der Waals surface area contributed by atoms with Crippen molar-refractivity contribution in [2.24, 2.45) is 7.05 Å². The summed E-state index contributed by atoms with van der Waals surface area (Å²) in [5.74, 6) is 1.02. The van der Waals surface area contributed by atoms with Crippen molar-refractivity contribution in [2.45, 2.75) is 25.9 Å². The average Bonchev–Trinajstić information content (AvgIpc) is 3.09. The molecule has 1 aromatic heterocycles. The first kappa shape index (κ1) is 20.9. The van der Waals surface area contributed by atoms with Crippen molar-refractivity contribution in [2.75, 3.05) is 29.1 Å². The molecule has 1 amide bonds. The number of amides is 1. The number of nitrogens with one attached hydrogen (secondary N) is 1. The Bertz CT molecular complexity index is 964. The minimum Gasteiger partial charge on any atom is -0.372 e. The van der Waals surface area contributed by atoms with Gasteiger partial charge in [0.2, 0.25) is 5.91 Å². The second-order valence-corrected chi connectivity index (χ2v) is 7.68. The van der Waals surface area contributed by atoms with Gasteiger partial charge in [-0.15, -0.1) is 10.2 Å². The number of carbonyl (C=O) groups excluding carboxylic acids is 1. The van der Waals surface area contributed by atoms with E-state index in [1.165, 1.54) is 11.8 Å². The van der Waals surface area contributed by atoms with E-state index in [1.54, 1.807) is 0 Å². The van der Waals surface area contributed by atoms with Crippen LogP contribution in [-0.4, -0.2) is 39.5 Å². The molecule has 0 spiro atoms. The van der Waals surface area contributed by atoms with Crippen molar-refractivity contribution < 1.29 is 4.79 Å². The molecule has 0 radical (unpaired) electrons. The molecule has 7 heteroatoms. The van der Waals surface area contributed by atoms with Crippen molar-refractivity contribution in [1.82, 2.24) is 14.8 Å². The highest BCUT2D eigenvalue weighted by Crippen LogP contribution is 2.25. The number of anilines is 2. The van der Waals surface area contributed by atoms with E-state index in [2.05, 4.69) is 47.3 Å². The van der Waals surface area contributed by atoms with Gasteiger partial charge in [-0.1, -0.05) is 36.0 Å². The summed E-state index contributed by atoms with van der Waals surface area (Å²) in [6.45, 7) is 8.23. The van der Waals surface area contributed by atoms with Gasteiger partial charge in [-0.2, -0.15) is 0 Å². The van der Waals surface area contributed by atoms with Crippen LogP contribution in [0.1, 0.15) is 19.4 Å². The maximum atomic E-state index is 12.4. The van der Waals surface area contributed by atoms with E-state index in [1.807, 2.05) is 54.1 Å². The van der Waals surface area contributed by atoms with Crippen LogP contribution >= 0.6 is 11.8 Å². The van der Waals surface area contributed by atoms with Gasteiger partial charge in [0.05, 0.1) is 5.75 Å². The minimum absolute atomic E-state index is 0.0639. The molecule has 2 aromatic carbocycles. The number of benzene rings is 2. The van der Waals surface area contributed by atoms with Gasteiger partial charge < -0.3 is 14.8 Å². The van der Waals surface area contributed by atoms with E-state index in [0.29, 0.717) is 0 Å². The summed E-state index contributed by atoms with van der Waals surface area (Å²) < 4.78 is 1.93. The van der Waals surface area contributed by atoms with Gasteiger partial charge in [0, 0.05) is 37.1 Å². The lowest BCUT2D eigenvalue weighted by molar-refractivity contribution is -0.113. The summed E-state index contributed by atoms with van der Waals surface area (Å²) in [6.07, 6.45) is 0. The van der Waals surface area contributed by atoms with E-state index in [4.69, 9.17) is 0 Å². The lowest BCUT2D eigenvalue weighted by atomic mass is 10.1. The summed E-state index contributed by atoms with van der Waals surface area (Å²) in [4.78, 5) is 14.6. The Morgan fingerprint density at radius 1 is 1.07 bits per heavy atom. The number of nitrogens with zero attached hydrogens (tertiary/aromatic N) is 4. The van der Waals surface area contributed by atoms with Crippen LogP contribution in [0.3, 0.4) is 0 Å². The first-order chi connectivity index (χ1) is 14.0. The second-order valence-electron chi connectivity index (χ2n) is 6.74. The third kappa shape index (κ3) is 4.98. The average molecular weight is 410 g/mol. The molecule has 152 valence electrons. The number of hydrogen-bond acceptors (Lipinski definition) is 5. The number of aromatic nitrogens is 3. The van der Waals surface area contributed by atoms with Gasteiger partial charge in [0.25, 0.3) is 0 Å². The second kappa shape index (κ2) is 9.60. The van der Waals surface area contributed by atoms with Crippen molar-refractivity contribution in [3.63, 3.8) is 0 Å². The molecule has 0 aliphatic heterocycles. The smallest absolute Gasteiger partial charge is 0.234 e. The van der Waals surface area contributed by atoms with Crippen LogP contribution < -0.4 is 10.2 Å². The quantitative estimate of drug-likeness (QED) is 0.560. The maximum absolute atomic E-state index is 12.4. The van der Waals surface area contributed by atoms with Crippen LogP contribution in [0, 0.1) is 6.92 Å². The number of rotatable bonds is 8. The molecule has 1 heterocycles. The molecule has 0 unspecified atom stereocenters. The predicted octanol–water partition coefficient (Wildman–Crippen LogP) is 4.37. The number of carbonyl (C=O) groups is 1. The molecule has 0 atom stereocenters. The number of hydrogen-bond donors (Lipinski definition) is 1. The lowest BCUT2D eigenvalue weighted by Gasteiger charge is -2.21. The number of thioether (sulfide) groups is 1. The zero-order valence-corrected chi connectivity index (χ0v) is 18.2. The highest BCUT2D eigenvalue weighted by atomic mass is 32.2. The topological polar surface area (TPSA) is 63.1 Å². The van der Waals surface area contributed by atoms with E-state index < -0.39 is 0 Å². The predicted molar refractivity (Wildman–Crippen MR) is 121 cm³/mol. The molecule has 0 saturated heterocycles. The monoisotopic (exact) mass is 409 g/mol. The maximum Gasteiger partial charge on any atom is 0.234 e. The summed E-state index contributed by atoms with van der Waals surface area (Å²) in [6, 6.07) is 16.0. The van der Waals surface area contributed by atoms with Gasteiger partial charge >= 0.3 is 0 Å². The van der Waals surface area contributed by atoms with Crippen LogP contribution in [-0.2, 0) is 11.8 Å². The Kier molecular flexibility index (Phi) is 6.93. The molecular formula is C22H27N5OS. The van der Waals surface area contributed by atoms with Gasteiger partial charge in [0.1, 0.15) is 0 Å². The Hall–Kier alpha value is -2.80. The van der Waals surface area contributed by atoms with Gasteiger partial charge in [-0.3, -0.25) is 4.79 Å². The van der Waals surface area contributed by atoms with E-state index in [-0.39, 0.29) is 11.7 Å². The molecule has 3 aromatic rings. The fourth-order valence-corrected chi connectivity index (χ4v) is 3.88. The SMILES string of the molecule is CCN(CC)c1ccc(NC(=O)CSc2nnc(-c3ccccc3C)n2C)cc1. The molecule has 0 aliphatic rings. The van der Waals surface area contributed by atoms with Crippen molar-refractivity contribution in [3.8, 4) is 11.4 Å². The molecule has 0 aliphatic carbocycles. The summed E-state index contributed by atoms with van der Waals surface area (Å²) in [7, 11) is 1.92. The normalized spacial score (nSPS) is 10.8. The fraction of sp³-hybridized carbons (Fsp3) is 0.318. The standard InChI is InChI=1S/C22H27N5OS/c1-5-27(6-2)18-13-11-17(12-14-18)23-20(28)15-29-22-25-24-21(26(22)4)19-10-8-7-9-16(19)3/h7-14H,5-6,15H2,1-4H3,(H,23,28). The fourth-order valence-electron chi connectivity index (χ4n) is 3.17. The largest absolute Gasteiger partial charge is 0.372 e. The van der Waals surface area contributed by atoms with Crippen LogP contribution in [0.25, 0.3) is 11.4 Å². The third-order valence-corrected chi connectivity index (χ3v) is 5.85. The van der Waals surface area contributed by atoms with E-state index in [9.17, 15) is 4.79 Å². The van der Waals surface area contributed by atoms with Crippen LogP contribution in [0.2, 0.25) is 0 Å². The molecule has 1 N–H and O–H groups in total. The molecule has 6 nitrogen and oxygen atoms in total. The van der Waals surface area contributed by atoms with Gasteiger partial charge in [-0.05, 0) is 50.6 Å². The first-order valence-corrected chi connectivity index (χ1v) is 10.7. The van der Waals surface area contributed by atoms with Gasteiger partial charge in [-0.25, -0.2) is 0 Å². The molecule has 0 saturated carbocycles. The number of aryl methyl sites for hydroxylation is 1. The Labute approximate surface area is 176 Å². The van der Waals surface area contributed by atoms with Crippen LogP contribution in [0.5, 0.6) is 0 Å². The van der Waals surface area contributed by atoms with Crippen molar-refractivity contribution in [3.05, 3.63) is 54.1 Å². The molecule has 0 fully saturated rings. The Morgan fingerprint density at radius 3 is 2.41 bits per heavy atom. The minimum atomic E-state index is -0.0639. The highest BCUT2D eigenvalue weighted by Gasteiger charge is 2.14. The zero-order chi connectivity index (χ0) is 20.8. The van der Waals surface area contributed by atoms with Crippen LogP contribution in [0.4, 0.5) is 11.4 Å². The highest BCUT2D eigenvalue weighted by molar-refractivity contribution is 7.99. The zero-order valence-electron chi connectivity index (χ0n) is 17.3. The van der Waals surface area contributed by atoms with Crippen molar-refractivity contribution >= 4 is 29.0 Å².